The van der Waals surface area contributed by atoms with Crippen LogP contribution >= 0.6 is 11.6 Å². The second kappa shape index (κ2) is 6.12. The van der Waals surface area contributed by atoms with Crippen LogP contribution in [0.3, 0.4) is 0 Å². The quantitative estimate of drug-likeness (QED) is 0.920. The van der Waals surface area contributed by atoms with E-state index in [9.17, 15) is 9.90 Å². The third-order valence-electron chi connectivity index (χ3n) is 3.26. The number of halogens is 1. The highest BCUT2D eigenvalue weighted by Gasteiger charge is 2.24. The van der Waals surface area contributed by atoms with Crippen molar-refractivity contribution in [3.05, 3.63) is 23.2 Å². The van der Waals surface area contributed by atoms with Crippen LogP contribution in [0.25, 0.3) is 0 Å². The van der Waals surface area contributed by atoms with Crippen molar-refractivity contribution < 1.29 is 14.6 Å². The first-order valence-electron chi connectivity index (χ1n) is 6.90. The Hall–Kier alpha value is -1.46. The molecule has 5 nitrogen and oxygen atoms in total. The molecule has 1 N–H and O–H groups in total. The van der Waals surface area contributed by atoms with Gasteiger partial charge in [0.2, 0.25) is 5.91 Å². The zero-order chi connectivity index (χ0) is 15.6. The third-order valence-corrected chi connectivity index (χ3v) is 3.49. The molecular weight excluding hydrogens is 292 g/mol. The van der Waals surface area contributed by atoms with Gasteiger partial charge in [-0.25, -0.2) is 0 Å². The Kier molecular flexibility index (Phi) is 4.64. The predicted molar refractivity (Wildman–Crippen MR) is 83.1 cm³/mol. The number of ether oxygens (including phenoxy) is 1. The highest BCUT2D eigenvalue weighted by atomic mass is 35.5. The van der Waals surface area contributed by atoms with Gasteiger partial charge in [0, 0.05) is 18.6 Å². The van der Waals surface area contributed by atoms with Crippen molar-refractivity contribution in [3.8, 4) is 5.75 Å². The fourth-order valence-corrected chi connectivity index (χ4v) is 2.53. The van der Waals surface area contributed by atoms with Crippen molar-refractivity contribution in [2.45, 2.75) is 19.4 Å². The Morgan fingerprint density at radius 3 is 2.90 bits per heavy atom. The molecule has 1 aromatic carbocycles. The Balaban J connectivity index is 2.08. The molecule has 0 radical (unpaired) electrons. The molecule has 21 heavy (non-hydrogen) atoms. The number of anilines is 1. The van der Waals surface area contributed by atoms with E-state index in [2.05, 4.69) is 0 Å². The van der Waals surface area contributed by atoms with Crippen LogP contribution in [0.15, 0.2) is 18.2 Å². The second-order valence-corrected chi connectivity index (χ2v) is 6.38. The Morgan fingerprint density at radius 1 is 1.52 bits per heavy atom. The number of hydrogen-bond donors (Lipinski definition) is 1. The zero-order valence-corrected chi connectivity index (χ0v) is 13.4. The molecule has 0 aromatic heterocycles. The minimum atomic E-state index is -0.906. The lowest BCUT2D eigenvalue weighted by atomic mass is 10.1. The maximum absolute atomic E-state index is 12.3. The van der Waals surface area contributed by atoms with Crippen molar-refractivity contribution in [2.24, 2.45) is 0 Å². The summed E-state index contributed by atoms with van der Waals surface area (Å²) in [7, 11) is 1.69. The summed E-state index contributed by atoms with van der Waals surface area (Å²) in [6, 6.07) is 5.39. The first-order valence-corrected chi connectivity index (χ1v) is 7.28. The summed E-state index contributed by atoms with van der Waals surface area (Å²) in [6.45, 7) is 5.07. The van der Waals surface area contributed by atoms with Crippen molar-refractivity contribution >= 4 is 23.2 Å². The summed E-state index contributed by atoms with van der Waals surface area (Å²) in [4.78, 5) is 15.8. The van der Waals surface area contributed by atoms with Gasteiger partial charge in [0.05, 0.1) is 24.4 Å². The maximum Gasteiger partial charge on any atom is 0.241 e. The molecule has 1 amide bonds. The smallest absolute Gasteiger partial charge is 0.241 e. The lowest BCUT2D eigenvalue weighted by Gasteiger charge is -2.33. The van der Waals surface area contributed by atoms with Crippen LogP contribution in [0.1, 0.15) is 13.8 Å². The van der Waals surface area contributed by atoms with Crippen LogP contribution in [0, 0.1) is 0 Å². The van der Waals surface area contributed by atoms with Crippen molar-refractivity contribution in [2.75, 3.05) is 38.2 Å². The van der Waals surface area contributed by atoms with Gasteiger partial charge >= 0.3 is 0 Å². The molecule has 0 saturated heterocycles. The average Bonchev–Trinajstić information content (AvgIpc) is 2.37. The number of amides is 1. The molecule has 0 aliphatic carbocycles. The van der Waals surface area contributed by atoms with Gasteiger partial charge in [0.15, 0.2) is 0 Å². The molecule has 1 heterocycles. The minimum Gasteiger partial charge on any atom is -0.490 e. The number of carbonyl (C=O) groups is 1. The van der Waals surface area contributed by atoms with Crippen molar-refractivity contribution in [1.82, 2.24) is 4.90 Å². The molecule has 0 bridgehead atoms. The second-order valence-electron chi connectivity index (χ2n) is 5.94. The highest BCUT2D eigenvalue weighted by Crippen LogP contribution is 2.33. The fraction of sp³-hybridized carbons (Fsp3) is 0.533. The van der Waals surface area contributed by atoms with E-state index >= 15 is 0 Å². The Labute approximate surface area is 130 Å². The molecule has 0 atom stereocenters. The number of fused-ring (bicyclic) bond motifs is 1. The molecule has 1 aromatic rings. The van der Waals surface area contributed by atoms with E-state index in [0.717, 1.165) is 11.4 Å². The van der Waals surface area contributed by atoms with Crippen LogP contribution in [0.5, 0.6) is 5.75 Å². The summed E-state index contributed by atoms with van der Waals surface area (Å²) in [5, 5.41) is 10.4. The molecule has 116 valence electrons. The van der Waals surface area contributed by atoms with Gasteiger partial charge in [0.25, 0.3) is 0 Å². The number of carbonyl (C=O) groups excluding carboxylic acids is 1. The first-order chi connectivity index (χ1) is 9.76. The van der Waals surface area contributed by atoms with Crippen LogP contribution in [-0.2, 0) is 4.79 Å². The predicted octanol–water partition coefficient (Wildman–Crippen LogP) is 1.77. The van der Waals surface area contributed by atoms with E-state index in [4.69, 9.17) is 16.3 Å². The lowest BCUT2D eigenvalue weighted by molar-refractivity contribution is -0.131. The van der Waals surface area contributed by atoms with Crippen LogP contribution in [0.2, 0.25) is 5.02 Å². The summed E-state index contributed by atoms with van der Waals surface area (Å²) in [6.07, 6.45) is 0. The number of hydrogen-bond acceptors (Lipinski definition) is 4. The molecular formula is C15H21ClN2O3. The number of rotatable bonds is 4. The Bertz CT molecular complexity index is 528. The minimum absolute atomic E-state index is 0.0510. The van der Waals surface area contributed by atoms with E-state index in [1.54, 1.807) is 37.9 Å². The molecule has 0 saturated carbocycles. The largest absolute Gasteiger partial charge is 0.490 e. The number of likely N-dealkylation sites (N-methyl/N-ethyl adjacent to an activating group) is 1. The van der Waals surface area contributed by atoms with Crippen molar-refractivity contribution in [1.29, 1.82) is 0 Å². The van der Waals surface area contributed by atoms with E-state index in [1.165, 1.54) is 0 Å². The van der Waals surface area contributed by atoms with Gasteiger partial charge in [0.1, 0.15) is 12.4 Å². The Morgan fingerprint density at radius 2 is 2.24 bits per heavy atom. The van der Waals surface area contributed by atoms with Gasteiger partial charge in [-0.3, -0.25) is 4.79 Å². The third kappa shape index (κ3) is 4.25. The van der Waals surface area contributed by atoms with Crippen LogP contribution < -0.4 is 9.64 Å². The van der Waals surface area contributed by atoms with E-state index in [0.29, 0.717) is 24.7 Å². The standard InChI is InChI=1S/C15H21ClN2O3/c1-15(2,20)10-17(3)14(19)9-18-6-7-21-13-5-4-11(16)8-12(13)18/h4-5,8,20H,6-7,9-10H2,1-3H3. The highest BCUT2D eigenvalue weighted by molar-refractivity contribution is 6.31. The fourth-order valence-electron chi connectivity index (χ4n) is 2.36. The van der Waals surface area contributed by atoms with Crippen LogP contribution in [0.4, 0.5) is 5.69 Å². The molecule has 1 aliphatic heterocycles. The van der Waals surface area contributed by atoms with Gasteiger partial charge in [-0.2, -0.15) is 0 Å². The molecule has 6 heteroatoms. The normalized spacial score (nSPS) is 14.4. The van der Waals surface area contributed by atoms with Gasteiger partial charge < -0.3 is 19.6 Å². The molecule has 0 fully saturated rings. The molecule has 2 rings (SSSR count). The number of benzene rings is 1. The maximum atomic E-state index is 12.3. The summed E-state index contributed by atoms with van der Waals surface area (Å²) in [5.74, 6) is 0.688. The first kappa shape index (κ1) is 15.9. The monoisotopic (exact) mass is 312 g/mol. The van der Waals surface area contributed by atoms with E-state index in [-0.39, 0.29) is 12.5 Å². The zero-order valence-electron chi connectivity index (χ0n) is 12.6. The van der Waals surface area contributed by atoms with Crippen LogP contribution in [-0.4, -0.2) is 54.8 Å². The molecule has 0 spiro atoms. The van der Waals surface area contributed by atoms with Gasteiger partial charge in [-0.05, 0) is 32.0 Å². The average molecular weight is 313 g/mol. The van der Waals surface area contributed by atoms with Crippen molar-refractivity contribution in [3.63, 3.8) is 0 Å². The topological polar surface area (TPSA) is 53.0 Å². The molecule has 1 aliphatic rings. The van der Waals surface area contributed by atoms with E-state index < -0.39 is 5.60 Å². The molecule has 0 unspecified atom stereocenters. The van der Waals surface area contributed by atoms with Gasteiger partial charge in [-0.1, -0.05) is 11.6 Å². The van der Waals surface area contributed by atoms with Gasteiger partial charge in [-0.15, -0.1) is 0 Å². The lowest BCUT2D eigenvalue weighted by Crippen LogP contribution is -2.46. The number of aliphatic hydroxyl groups is 1. The summed E-state index contributed by atoms with van der Waals surface area (Å²) >= 11 is 6.02. The summed E-state index contributed by atoms with van der Waals surface area (Å²) < 4.78 is 5.57. The SMILES string of the molecule is CN(CC(C)(C)O)C(=O)CN1CCOc2ccc(Cl)cc21. The number of nitrogens with zero attached hydrogens (tertiary/aromatic N) is 2. The summed E-state index contributed by atoms with van der Waals surface area (Å²) in [5.41, 5.74) is -0.0739. The van der Waals surface area contributed by atoms with E-state index in [1.807, 2.05) is 11.0 Å².